The second-order valence-corrected chi connectivity index (χ2v) is 3.44. The molecule has 0 fully saturated rings. The number of hydrogen-bond acceptors (Lipinski definition) is 2. The molecule has 0 saturated heterocycles. The molecule has 2 nitrogen and oxygen atoms in total. The van der Waals surface area contributed by atoms with Crippen LogP contribution >= 0.6 is 12.6 Å². The second-order valence-electron chi connectivity index (χ2n) is 3.00. The molecular formula is C9H19NOS. The van der Waals surface area contributed by atoms with Crippen LogP contribution < -0.4 is 0 Å². The predicted molar refractivity (Wildman–Crippen MR) is 55.6 cm³/mol. The molecule has 0 radical (unpaired) electrons. The van der Waals surface area contributed by atoms with Crippen LogP contribution in [0.4, 0.5) is 0 Å². The Morgan fingerprint density at radius 1 is 1.42 bits per heavy atom. The molecule has 0 aromatic rings. The minimum absolute atomic E-state index is 0.209. The van der Waals surface area contributed by atoms with Gasteiger partial charge >= 0.3 is 0 Å². The molecule has 0 rings (SSSR count). The molecule has 0 aliphatic carbocycles. The summed E-state index contributed by atoms with van der Waals surface area (Å²) in [6, 6.07) is 0. The molecule has 0 unspecified atom stereocenters. The first-order chi connectivity index (χ1) is 5.72. The highest BCUT2D eigenvalue weighted by Gasteiger charge is 2.05. The standard InChI is InChI=1S/C9H19NOS/c1-3-4-5-7-10(2)9(11)6-8-12/h12H,3-8H2,1-2H3. The Morgan fingerprint density at radius 2 is 2.08 bits per heavy atom. The molecule has 0 aromatic carbocycles. The minimum atomic E-state index is 0.209. The topological polar surface area (TPSA) is 20.3 Å². The summed E-state index contributed by atoms with van der Waals surface area (Å²) in [5.41, 5.74) is 0. The van der Waals surface area contributed by atoms with Gasteiger partial charge in [-0.15, -0.1) is 0 Å². The van der Waals surface area contributed by atoms with Crippen LogP contribution in [0.3, 0.4) is 0 Å². The molecule has 1 amide bonds. The van der Waals surface area contributed by atoms with Gasteiger partial charge in [0.25, 0.3) is 0 Å². The van der Waals surface area contributed by atoms with Crippen molar-refractivity contribution in [3.8, 4) is 0 Å². The maximum atomic E-state index is 11.2. The third-order valence-electron chi connectivity index (χ3n) is 1.85. The number of carbonyl (C=O) groups is 1. The Bertz CT molecular complexity index is 128. The monoisotopic (exact) mass is 189 g/mol. The van der Waals surface area contributed by atoms with Crippen molar-refractivity contribution in [2.24, 2.45) is 0 Å². The summed E-state index contributed by atoms with van der Waals surface area (Å²) in [7, 11) is 1.86. The lowest BCUT2D eigenvalue weighted by atomic mass is 10.2. The number of carbonyl (C=O) groups excluding carboxylic acids is 1. The molecule has 0 aromatic heterocycles. The van der Waals surface area contributed by atoms with E-state index in [-0.39, 0.29) is 5.91 Å². The van der Waals surface area contributed by atoms with Crippen LogP contribution in [0.15, 0.2) is 0 Å². The second kappa shape index (κ2) is 7.47. The maximum absolute atomic E-state index is 11.2. The van der Waals surface area contributed by atoms with E-state index in [1.807, 2.05) is 7.05 Å². The quantitative estimate of drug-likeness (QED) is 0.500. The van der Waals surface area contributed by atoms with Gasteiger partial charge in [-0.2, -0.15) is 12.6 Å². The molecule has 72 valence electrons. The van der Waals surface area contributed by atoms with Crippen molar-refractivity contribution in [1.82, 2.24) is 4.90 Å². The molecule has 0 spiro atoms. The normalized spacial score (nSPS) is 9.92. The van der Waals surface area contributed by atoms with E-state index in [4.69, 9.17) is 0 Å². The molecule has 3 heteroatoms. The minimum Gasteiger partial charge on any atom is -0.346 e. The molecule has 0 aliphatic rings. The molecule has 12 heavy (non-hydrogen) atoms. The van der Waals surface area contributed by atoms with E-state index in [9.17, 15) is 4.79 Å². The van der Waals surface area contributed by atoms with Crippen LogP contribution in [0.1, 0.15) is 32.6 Å². The molecule has 0 aliphatic heterocycles. The van der Waals surface area contributed by atoms with E-state index < -0.39 is 0 Å². The van der Waals surface area contributed by atoms with Crippen molar-refractivity contribution in [1.29, 1.82) is 0 Å². The number of hydrogen-bond donors (Lipinski definition) is 1. The van der Waals surface area contributed by atoms with Crippen molar-refractivity contribution < 1.29 is 4.79 Å². The smallest absolute Gasteiger partial charge is 0.223 e. The summed E-state index contributed by atoms with van der Waals surface area (Å²) >= 11 is 4.02. The van der Waals surface area contributed by atoms with Crippen LogP contribution in [-0.4, -0.2) is 30.2 Å². The van der Waals surface area contributed by atoms with E-state index in [1.165, 1.54) is 12.8 Å². The third-order valence-corrected chi connectivity index (χ3v) is 2.07. The highest BCUT2D eigenvalue weighted by molar-refractivity contribution is 7.80. The maximum Gasteiger partial charge on any atom is 0.223 e. The summed E-state index contributed by atoms with van der Waals surface area (Å²) in [5, 5.41) is 0. The summed E-state index contributed by atoms with van der Waals surface area (Å²) in [6.45, 7) is 3.05. The zero-order valence-corrected chi connectivity index (χ0v) is 8.94. The van der Waals surface area contributed by atoms with Crippen LogP contribution in [0.5, 0.6) is 0 Å². The fraction of sp³-hybridized carbons (Fsp3) is 0.889. The average molecular weight is 189 g/mol. The summed E-state index contributed by atoms with van der Waals surface area (Å²) < 4.78 is 0. The summed E-state index contributed by atoms with van der Waals surface area (Å²) in [5.74, 6) is 0.859. The van der Waals surface area contributed by atoms with Gasteiger partial charge in [0.05, 0.1) is 0 Å². The Morgan fingerprint density at radius 3 is 2.58 bits per heavy atom. The first kappa shape index (κ1) is 11.8. The van der Waals surface area contributed by atoms with Crippen molar-refractivity contribution in [2.75, 3.05) is 19.3 Å². The Labute approximate surface area is 80.7 Å². The number of amides is 1. The molecule has 0 atom stereocenters. The van der Waals surface area contributed by atoms with E-state index >= 15 is 0 Å². The summed E-state index contributed by atoms with van der Waals surface area (Å²) in [4.78, 5) is 13.0. The highest BCUT2D eigenvalue weighted by atomic mass is 32.1. The van der Waals surface area contributed by atoms with Crippen molar-refractivity contribution >= 4 is 18.5 Å². The number of unbranched alkanes of at least 4 members (excludes halogenated alkanes) is 2. The van der Waals surface area contributed by atoms with Crippen molar-refractivity contribution in [2.45, 2.75) is 32.6 Å². The zero-order valence-electron chi connectivity index (χ0n) is 8.05. The van der Waals surface area contributed by atoms with Gasteiger partial charge in [0.2, 0.25) is 5.91 Å². The van der Waals surface area contributed by atoms with E-state index in [0.29, 0.717) is 12.2 Å². The molecule has 0 heterocycles. The Balaban J connectivity index is 3.42. The number of thiol groups is 1. The lowest BCUT2D eigenvalue weighted by molar-refractivity contribution is -0.129. The average Bonchev–Trinajstić information content (AvgIpc) is 2.05. The van der Waals surface area contributed by atoms with Gasteiger partial charge < -0.3 is 4.90 Å². The number of rotatable bonds is 6. The fourth-order valence-electron chi connectivity index (χ4n) is 1.01. The van der Waals surface area contributed by atoms with Gasteiger partial charge in [-0.3, -0.25) is 4.79 Å². The molecule has 0 bridgehead atoms. The van der Waals surface area contributed by atoms with E-state index in [1.54, 1.807) is 4.90 Å². The number of nitrogens with zero attached hydrogens (tertiary/aromatic N) is 1. The van der Waals surface area contributed by atoms with Crippen LogP contribution in [0.2, 0.25) is 0 Å². The van der Waals surface area contributed by atoms with Gasteiger partial charge in [0, 0.05) is 20.0 Å². The highest BCUT2D eigenvalue weighted by Crippen LogP contribution is 1.98. The molecular weight excluding hydrogens is 170 g/mol. The van der Waals surface area contributed by atoms with Crippen LogP contribution in [0, 0.1) is 0 Å². The largest absolute Gasteiger partial charge is 0.346 e. The first-order valence-corrected chi connectivity index (χ1v) is 5.20. The lowest BCUT2D eigenvalue weighted by Crippen LogP contribution is -2.27. The van der Waals surface area contributed by atoms with Crippen LogP contribution in [0.25, 0.3) is 0 Å². The fourth-order valence-corrected chi connectivity index (χ4v) is 1.20. The van der Waals surface area contributed by atoms with Gasteiger partial charge in [-0.1, -0.05) is 19.8 Å². The summed E-state index contributed by atoms with van der Waals surface area (Å²) in [6.07, 6.45) is 4.09. The first-order valence-electron chi connectivity index (χ1n) is 4.57. The Hall–Kier alpha value is -0.180. The van der Waals surface area contributed by atoms with Crippen molar-refractivity contribution in [3.05, 3.63) is 0 Å². The van der Waals surface area contributed by atoms with E-state index in [0.717, 1.165) is 13.0 Å². The van der Waals surface area contributed by atoms with E-state index in [2.05, 4.69) is 19.6 Å². The molecule has 0 saturated carbocycles. The predicted octanol–water partition coefficient (Wildman–Crippen LogP) is 1.95. The van der Waals surface area contributed by atoms with Gasteiger partial charge in [-0.25, -0.2) is 0 Å². The van der Waals surface area contributed by atoms with Gasteiger partial charge in [0.15, 0.2) is 0 Å². The lowest BCUT2D eigenvalue weighted by Gasteiger charge is -2.15. The molecule has 0 N–H and O–H groups in total. The third kappa shape index (κ3) is 5.47. The van der Waals surface area contributed by atoms with Gasteiger partial charge in [-0.05, 0) is 12.2 Å². The van der Waals surface area contributed by atoms with Gasteiger partial charge in [0.1, 0.15) is 0 Å². The van der Waals surface area contributed by atoms with Crippen LogP contribution in [-0.2, 0) is 4.79 Å². The Kier molecular flexibility index (Phi) is 7.36. The zero-order chi connectivity index (χ0) is 9.40. The van der Waals surface area contributed by atoms with Crippen molar-refractivity contribution in [3.63, 3.8) is 0 Å². The SMILES string of the molecule is CCCCCN(C)C(=O)CCS.